The van der Waals surface area contributed by atoms with Crippen LogP contribution in [0.2, 0.25) is 25.7 Å². The van der Waals surface area contributed by atoms with E-state index in [1.165, 1.54) is 5.52 Å². The van der Waals surface area contributed by atoms with Crippen LogP contribution < -0.4 is 5.11 Å². The summed E-state index contributed by atoms with van der Waals surface area (Å²) >= 11 is 0. The summed E-state index contributed by atoms with van der Waals surface area (Å²) < 4.78 is 10.5. The average molecular weight is 489 g/mol. The SMILES string of the molecule is C[Si](C)(C)CCOCn1ccc2c1ncc1ccn(C3CCC(c4ccccc4C(=O)[O-])CC3)c12. The Morgan fingerprint density at radius 3 is 2.60 bits per heavy atom. The molecule has 3 aromatic heterocycles. The Morgan fingerprint density at radius 1 is 1.09 bits per heavy atom. The van der Waals surface area contributed by atoms with Crippen LogP contribution in [0.4, 0.5) is 0 Å². The van der Waals surface area contributed by atoms with Crippen molar-refractivity contribution in [3.05, 3.63) is 66.1 Å². The molecule has 1 aliphatic rings. The van der Waals surface area contributed by atoms with Gasteiger partial charge in [-0.2, -0.15) is 0 Å². The first-order valence-electron chi connectivity index (χ1n) is 12.6. The molecule has 0 radical (unpaired) electrons. The standard InChI is InChI=1S/C28H35N3O3Si/c1-35(2,3)17-16-34-19-30-14-13-25-26-21(18-29-27(25)30)12-15-31(26)22-10-8-20(9-11-22)23-6-4-5-7-24(23)28(32)33/h4-7,12-15,18,20,22H,8-11,16-17,19H2,1-3H3,(H,32,33)/p-1. The lowest BCUT2D eigenvalue weighted by Crippen LogP contribution is -2.25. The molecule has 184 valence electrons. The molecular weight excluding hydrogens is 454 g/mol. The number of ether oxygens (including phenoxy) is 1. The Bertz CT molecular complexity index is 1340. The summed E-state index contributed by atoms with van der Waals surface area (Å²) in [6.07, 6.45) is 10.2. The van der Waals surface area contributed by atoms with Gasteiger partial charge in [-0.25, -0.2) is 4.98 Å². The number of carboxylic acid groups (broad SMARTS) is 1. The summed E-state index contributed by atoms with van der Waals surface area (Å²) in [6, 6.07) is 13.2. The number of carboxylic acids is 1. The van der Waals surface area contributed by atoms with Crippen LogP contribution in [-0.4, -0.2) is 34.8 Å². The zero-order chi connectivity index (χ0) is 24.6. The number of aromatic nitrogens is 3. The number of aromatic carboxylic acids is 1. The normalized spacial score (nSPS) is 18.9. The van der Waals surface area contributed by atoms with Crippen LogP contribution in [0.3, 0.4) is 0 Å². The van der Waals surface area contributed by atoms with Gasteiger partial charge in [0.25, 0.3) is 0 Å². The van der Waals surface area contributed by atoms with Crippen molar-refractivity contribution in [3.8, 4) is 0 Å². The van der Waals surface area contributed by atoms with Crippen molar-refractivity contribution in [2.24, 2.45) is 0 Å². The van der Waals surface area contributed by atoms with E-state index in [1.807, 2.05) is 18.3 Å². The van der Waals surface area contributed by atoms with Crippen LogP contribution in [0.1, 0.15) is 53.6 Å². The van der Waals surface area contributed by atoms with E-state index < -0.39 is 14.0 Å². The Balaban J connectivity index is 1.34. The minimum absolute atomic E-state index is 0.262. The maximum absolute atomic E-state index is 11.6. The van der Waals surface area contributed by atoms with Gasteiger partial charge in [-0.15, -0.1) is 0 Å². The fourth-order valence-corrected chi connectivity index (χ4v) is 6.20. The number of hydrogen-bond donors (Lipinski definition) is 0. The fourth-order valence-electron chi connectivity index (χ4n) is 5.44. The van der Waals surface area contributed by atoms with Gasteiger partial charge in [0.05, 0.1) is 11.5 Å². The molecule has 4 aromatic rings. The molecule has 0 unspecified atom stereocenters. The zero-order valence-electron chi connectivity index (χ0n) is 20.9. The van der Waals surface area contributed by atoms with Crippen molar-refractivity contribution in [2.75, 3.05) is 6.61 Å². The lowest BCUT2D eigenvalue weighted by atomic mass is 9.80. The van der Waals surface area contributed by atoms with Crippen molar-refractivity contribution in [1.82, 2.24) is 14.1 Å². The van der Waals surface area contributed by atoms with Crippen molar-refractivity contribution >= 4 is 36.0 Å². The summed E-state index contributed by atoms with van der Waals surface area (Å²) in [5.41, 5.74) is 3.45. The molecule has 0 aliphatic heterocycles. The minimum Gasteiger partial charge on any atom is -0.545 e. The number of carbonyl (C=O) groups excluding carboxylic acids is 1. The number of rotatable bonds is 8. The molecule has 0 N–H and O–H groups in total. The molecule has 1 aromatic carbocycles. The molecule has 0 saturated heterocycles. The molecule has 1 saturated carbocycles. The Hall–Kier alpha value is -2.90. The minimum atomic E-state index is -1.11. The topological polar surface area (TPSA) is 72.1 Å². The van der Waals surface area contributed by atoms with Gasteiger partial charge in [0.15, 0.2) is 0 Å². The van der Waals surface area contributed by atoms with Gasteiger partial charge in [0.2, 0.25) is 0 Å². The predicted octanol–water partition coefficient (Wildman–Crippen LogP) is 5.57. The second kappa shape index (κ2) is 9.63. The molecular formula is C28H34N3O3Si-. The van der Waals surface area contributed by atoms with Crippen molar-refractivity contribution in [1.29, 1.82) is 0 Å². The first-order chi connectivity index (χ1) is 16.8. The molecule has 0 spiro atoms. The quantitative estimate of drug-likeness (QED) is 0.240. The second-order valence-corrected chi connectivity index (χ2v) is 16.7. The van der Waals surface area contributed by atoms with Crippen molar-refractivity contribution in [2.45, 2.75) is 70.1 Å². The highest BCUT2D eigenvalue weighted by Crippen LogP contribution is 2.41. The molecule has 1 fully saturated rings. The van der Waals surface area contributed by atoms with E-state index in [9.17, 15) is 9.90 Å². The van der Waals surface area contributed by atoms with Crippen LogP contribution in [0.15, 0.2) is 55.0 Å². The Kier molecular flexibility index (Phi) is 6.55. The Labute approximate surface area is 207 Å². The van der Waals surface area contributed by atoms with Crippen LogP contribution in [0, 0.1) is 0 Å². The zero-order valence-corrected chi connectivity index (χ0v) is 21.9. The van der Waals surface area contributed by atoms with Crippen LogP contribution in [-0.2, 0) is 11.5 Å². The van der Waals surface area contributed by atoms with Crippen LogP contribution in [0.5, 0.6) is 0 Å². The highest BCUT2D eigenvalue weighted by Gasteiger charge is 2.26. The number of nitrogens with zero attached hydrogens (tertiary/aromatic N) is 3. The van der Waals surface area contributed by atoms with Gasteiger partial charge in [0.1, 0.15) is 12.4 Å². The number of pyridine rings is 1. The van der Waals surface area contributed by atoms with E-state index in [4.69, 9.17) is 9.72 Å². The van der Waals surface area contributed by atoms with Gasteiger partial charge in [-0.1, -0.05) is 43.9 Å². The number of hydrogen-bond acceptors (Lipinski definition) is 4. The second-order valence-electron chi connectivity index (χ2n) is 11.0. The monoisotopic (exact) mass is 488 g/mol. The fraction of sp³-hybridized carbons (Fsp3) is 0.429. The third-order valence-electron chi connectivity index (χ3n) is 7.40. The highest BCUT2D eigenvalue weighted by atomic mass is 28.3. The molecule has 5 rings (SSSR count). The summed E-state index contributed by atoms with van der Waals surface area (Å²) in [7, 11) is -1.11. The largest absolute Gasteiger partial charge is 0.545 e. The van der Waals surface area contributed by atoms with Gasteiger partial charge in [-0.3, -0.25) is 0 Å². The third-order valence-corrected chi connectivity index (χ3v) is 9.10. The lowest BCUT2D eigenvalue weighted by Gasteiger charge is -2.31. The molecule has 35 heavy (non-hydrogen) atoms. The molecule has 1 aliphatic carbocycles. The van der Waals surface area contributed by atoms with E-state index in [-0.39, 0.29) is 5.92 Å². The van der Waals surface area contributed by atoms with Gasteiger partial charge >= 0.3 is 0 Å². The van der Waals surface area contributed by atoms with Crippen molar-refractivity contribution in [3.63, 3.8) is 0 Å². The maximum atomic E-state index is 11.6. The van der Waals surface area contributed by atoms with E-state index >= 15 is 0 Å². The van der Waals surface area contributed by atoms with E-state index in [1.54, 1.807) is 12.1 Å². The third kappa shape index (κ3) is 4.93. The highest BCUT2D eigenvalue weighted by molar-refractivity contribution is 6.76. The molecule has 0 amide bonds. The summed E-state index contributed by atoms with van der Waals surface area (Å²) in [4.78, 5) is 16.3. The van der Waals surface area contributed by atoms with Crippen molar-refractivity contribution < 1.29 is 14.6 Å². The summed E-state index contributed by atoms with van der Waals surface area (Å²) in [5.74, 6) is -0.818. The number of benzene rings is 1. The summed E-state index contributed by atoms with van der Waals surface area (Å²) in [5, 5.41) is 13.9. The number of carbonyl (C=O) groups is 1. The molecule has 6 nitrogen and oxygen atoms in total. The number of fused-ring (bicyclic) bond motifs is 3. The van der Waals surface area contributed by atoms with Gasteiger partial charge in [-0.05, 0) is 55.3 Å². The molecule has 7 heteroatoms. The van der Waals surface area contributed by atoms with Gasteiger partial charge < -0.3 is 23.8 Å². The molecule has 0 atom stereocenters. The predicted molar refractivity (Wildman–Crippen MR) is 140 cm³/mol. The first kappa shape index (κ1) is 23.8. The lowest BCUT2D eigenvalue weighted by molar-refractivity contribution is -0.255. The van der Waals surface area contributed by atoms with E-state index in [2.05, 4.69) is 53.3 Å². The van der Waals surface area contributed by atoms with Crippen LogP contribution in [0.25, 0.3) is 21.9 Å². The molecule has 3 heterocycles. The Morgan fingerprint density at radius 2 is 1.86 bits per heavy atom. The van der Waals surface area contributed by atoms with E-state index in [0.29, 0.717) is 18.3 Å². The summed E-state index contributed by atoms with van der Waals surface area (Å²) in [6.45, 7) is 8.41. The van der Waals surface area contributed by atoms with E-state index in [0.717, 1.165) is 60.3 Å². The molecule has 0 bridgehead atoms. The maximum Gasteiger partial charge on any atom is 0.143 e. The first-order valence-corrected chi connectivity index (χ1v) is 16.3. The van der Waals surface area contributed by atoms with Gasteiger partial charge in [0, 0.05) is 55.6 Å². The van der Waals surface area contributed by atoms with Crippen LogP contribution >= 0.6 is 0 Å². The average Bonchev–Trinajstić information content (AvgIpc) is 3.45. The smallest absolute Gasteiger partial charge is 0.143 e.